The number of carbonyl (C=O) groups is 1. The van der Waals surface area contributed by atoms with E-state index in [-0.39, 0.29) is 5.91 Å². The second-order valence-corrected chi connectivity index (χ2v) is 5.89. The lowest BCUT2D eigenvalue weighted by molar-refractivity contribution is -0.116. The van der Waals surface area contributed by atoms with Crippen molar-refractivity contribution in [2.75, 3.05) is 26.2 Å². The van der Waals surface area contributed by atoms with E-state index in [2.05, 4.69) is 48.1 Å². The minimum Gasteiger partial charge on any atom is -0.476 e. The molecular weight excluding hydrogens is 304 g/mol. The lowest BCUT2D eigenvalue weighted by Crippen LogP contribution is -2.25. The summed E-state index contributed by atoms with van der Waals surface area (Å²) in [6, 6.07) is 0. The van der Waals surface area contributed by atoms with E-state index >= 15 is 0 Å². The average Bonchev–Trinajstić information content (AvgIpc) is 3.04. The van der Waals surface area contributed by atoms with Gasteiger partial charge in [-0.05, 0) is 57.5 Å². The minimum absolute atomic E-state index is 0.227. The zero-order chi connectivity index (χ0) is 17.7. The predicted octanol–water partition coefficient (Wildman–Crippen LogP) is 2.38. The first-order valence-corrected chi connectivity index (χ1v) is 8.65. The summed E-state index contributed by atoms with van der Waals surface area (Å²) < 4.78 is 5.42. The number of ether oxygens (including phenoxy) is 1. The van der Waals surface area contributed by atoms with Gasteiger partial charge in [-0.25, -0.2) is 5.43 Å². The third kappa shape index (κ3) is 3.87. The number of likely N-dealkylation sites (N-methyl/N-ethyl adjacent to an activating group) is 1. The molecule has 0 saturated carbocycles. The Morgan fingerprint density at radius 1 is 1.21 bits per heavy atom. The van der Waals surface area contributed by atoms with Crippen LogP contribution in [0.15, 0.2) is 10.7 Å². The Balaban J connectivity index is 2.23. The van der Waals surface area contributed by atoms with Crippen molar-refractivity contribution < 1.29 is 9.53 Å². The second kappa shape index (κ2) is 8.15. The van der Waals surface area contributed by atoms with Crippen LogP contribution in [0.5, 0.6) is 0 Å². The average molecular weight is 332 g/mol. The molecule has 2 N–H and O–H groups in total. The van der Waals surface area contributed by atoms with E-state index in [0.29, 0.717) is 18.1 Å². The van der Waals surface area contributed by atoms with E-state index in [1.165, 1.54) is 11.1 Å². The monoisotopic (exact) mass is 332 g/mol. The molecule has 1 aliphatic heterocycles. The van der Waals surface area contributed by atoms with Gasteiger partial charge in [0.1, 0.15) is 5.57 Å². The third-order valence-electron chi connectivity index (χ3n) is 4.51. The number of H-pyrrole nitrogens is 1. The van der Waals surface area contributed by atoms with Gasteiger partial charge in [0.25, 0.3) is 5.91 Å². The zero-order valence-electron chi connectivity index (χ0n) is 15.3. The standard InChI is InChI=1S/C18H28N4O2/c1-6-22(7-2)10-9-14-12(4)16(19-13(14)5)11-15-17(23)20-21-18(15)24-8-3/h11,19H,6-10H2,1-5H3,(H,20,23). The van der Waals surface area contributed by atoms with Gasteiger partial charge >= 0.3 is 0 Å². The van der Waals surface area contributed by atoms with Crippen molar-refractivity contribution in [2.24, 2.45) is 5.10 Å². The van der Waals surface area contributed by atoms with Crippen LogP contribution in [0.4, 0.5) is 0 Å². The van der Waals surface area contributed by atoms with Crippen molar-refractivity contribution >= 4 is 17.9 Å². The van der Waals surface area contributed by atoms with E-state index < -0.39 is 0 Å². The van der Waals surface area contributed by atoms with Crippen LogP contribution >= 0.6 is 0 Å². The van der Waals surface area contributed by atoms with Gasteiger partial charge in [0, 0.05) is 17.9 Å². The molecule has 0 aliphatic carbocycles. The van der Waals surface area contributed by atoms with Crippen LogP contribution in [-0.4, -0.2) is 47.9 Å². The van der Waals surface area contributed by atoms with Crippen LogP contribution in [0.2, 0.25) is 0 Å². The molecule has 0 aromatic carbocycles. The highest BCUT2D eigenvalue weighted by Crippen LogP contribution is 2.22. The molecule has 0 bridgehead atoms. The lowest BCUT2D eigenvalue weighted by Gasteiger charge is -2.17. The van der Waals surface area contributed by atoms with Crippen molar-refractivity contribution in [2.45, 2.75) is 41.0 Å². The summed E-state index contributed by atoms with van der Waals surface area (Å²) in [6.07, 6.45) is 2.83. The molecule has 132 valence electrons. The summed E-state index contributed by atoms with van der Waals surface area (Å²) >= 11 is 0. The number of nitrogens with one attached hydrogen (secondary N) is 2. The highest BCUT2D eigenvalue weighted by Gasteiger charge is 2.25. The van der Waals surface area contributed by atoms with E-state index in [4.69, 9.17) is 4.74 Å². The van der Waals surface area contributed by atoms with E-state index in [1.54, 1.807) is 0 Å². The third-order valence-corrected chi connectivity index (χ3v) is 4.51. The first-order valence-electron chi connectivity index (χ1n) is 8.65. The van der Waals surface area contributed by atoms with Crippen molar-refractivity contribution in [1.82, 2.24) is 15.3 Å². The number of amides is 1. The summed E-state index contributed by atoms with van der Waals surface area (Å²) in [5.74, 6) is 0.133. The number of aromatic nitrogens is 1. The van der Waals surface area contributed by atoms with Crippen LogP contribution in [0.3, 0.4) is 0 Å². The van der Waals surface area contributed by atoms with Gasteiger partial charge in [0.15, 0.2) is 0 Å². The summed E-state index contributed by atoms with van der Waals surface area (Å²) in [4.78, 5) is 17.8. The number of hydrazone groups is 1. The van der Waals surface area contributed by atoms with Crippen molar-refractivity contribution in [1.29, 1.82) is 0 Å². The van der Waals surface area contributed by atoms with Crippen LogP contribution in [0, 0.1) is 13.8 Å². The summed E-state index contributed by atoms with van der Waals surface area (Å²) in [7, 11) is 0. The number of aromatic amines is 1. The first kappa shape index (κ1) is 18.3. The highest BCUT2D eigenvalue weighted by molar-refractivity contribution is 6.24. The van der Waals surface area contributed by atoms with Crippen molar-refractivity contribution in [3.63, 3.8) is 0 Å². The topological polar surface area (TPSA) is 69.7 Å². The van der Waals surface area contributed by atoms with E-state index in [0.717, 1.165) is 37.4 Å². The molecule has 1 aliphatic rings. The molecule has 6 heteroatoms. The zero-order valence-corrected chi connectivity index (χ0v) is 15.3. The van der Waals surface area contributed by atoms with Gasteiger partial charge in [-0.1, -0.05) is 13.8 Å². The Kier molecular flexibility index (Phi) is 6.20. The maximum Gasteiger partial charge on any atom is 0.277 e. The van der Waals surface area contributed by atoms with Crippen LogP contribution in [0.25, 0.3) is 6.08 Å². The Morgan fingerprint density at radius 2 is 1.92 bits per heavy atom. The molecule has 1 aromatic rings. The Morgan fingerprint density at radius 3 is 2.54 bits per heavy atom. The van der Waals surface area contributed by atoms with Crippen LogP contribution < -0.4 is 5.43 Å². The van der Waals surface area contributed by atoms with Gasteiger partial charge in [0.05, 0.1) is 6.61 Å². The maximum absolute atomic E-state index is 12.0. The van der Waals surface area contributed by atoms with E-state index in [9.17, 15) is 4.79 Å². The van der Waals surface area contributed by atoms with Crippen molar-refractivity contribution in [3.8, 4) is 0 Å². The molecule has 1 aromatic heterocycles. The van der Waals surface area contributed by atoms with Gasteiger partial charge in [0.2, 0.25) is 5.90 Å². The number of hydrogen-bond donors (Lipinski definition) is 2. The number of aryl methyl sites for hydroxylation is 1. The summed E-state index contributed by atoms with van der Waals surface area (Å²) in [6.45, 7) is 14.0. The molecule has 24 heavy (non-hydrogen) atoms. The molecular formula is C18H28N4O2. The summed E-state index contributed by atoms with van der Waals surface area (Å²) in [5, 5.41) is 3.93. The summed E-state index contributed by atoms with van der Waals surface area (Å²) in [5.41, 5.74) is 7.53. The lowest BCUT2D eigenvalue weighted by atomic mass is 10.1. The molecule has 0 atom stereocenters. The smallest absolute Gasteiger partial charge is 0.277 e. The highest BCUT2D eigenvalue weighted by atomic mass is 16.5. The molecule has 1 amide bonds. The number of hydrogen-bond acceptors (Lipinski definition) is 4. The number of rotatable bonds is 7. The maximum atomic E-state index is 12.0. The number of nitrogens with zero attached hydrogens (tertiary/aromatic N) is 2. The first-order chi connectivity index (χ1) is 11.5. The quantitative estimate of drug-likeness (QED) is 0.753. The molecule has 2 heterocycles. The molecule has 0 radical (unpaired) electrons. The van der Waals surface area contributed by atoms with Crippen LogP contribution in [0.1, 0.15) is 43.3 Å². The van der Waals surface area contributed by atoms with Crippen LogP contribution in [-0.2, 0) is 16.0 Å². The van der Waals surface area contributed by atoms with Gasteiger partial charge in [-0.15, -0.1) is 5.10 Å². The van der Waals surface area contributed by atoms with Crippen molar-refractivity contribution in [3.05, 3.63) is 28.1 Å². The Labute approximate surface area is 144 Å². The van der Waals surface area contributed by atoms with E-state index in [1.807, 2.05) is 13.0 Å². The molecule has 0 spiro atoms. The molecule has 0 unspecified atom stereocenters. The molecule has 6 nitrogen and oxygen atoms in total. The Bertz CT molecular complexity index is 654. The Hall–Kier alpha value is -2.08. The number of carbonyl (C=O) groups excluding carboxylic acids is 1. The molecule has 2 rings (SSSR count). The second-order valence-electron chi connectivity index (χ2n) is 5.89. The van der Waals surface area contributed by atoms with Gasteiger partial charge < -0.3 is 14.6 Å². The largest absolute Gasteiger partial charge is 0.476 e. The SMILES string of the molecule is CCOC1=NNC(=O)C1=Cc1[nH]c(C)c(CCN(CC)CC)c1C. The predicted molar refractivity (Wildman–Crippen MR) is 96.9 cm³/mol. The van der Waals surface area contributed by atoms with Gasteiger partial charge in [-0.2, -0.15) is 0 Å². The fourth-order valence-electron chi connectivity index (χ4n) is 2.98. The fourth-order valence-corrected chi connectivity index (χ4v) is 2.98. The van der Waals surface area contributed by atoms with Gasteiger partial charge in [-0.3, -0.25) is 4.79 Å². The molecule has 0 saturated heterocycles. The normalized spacial score (nSPS) is 16.0. The molecule has 0 fully saturated rings. The fraction of sp³-hybridized carbons (Fsp3) is 0.556. The minimum atomic E-state index is -0.227.